The van der Waals surface area contributed by atoms with E-state index in [9.17, 15) is 4.79 Å². The van der Waals surface area contributed by atoms with Gasteiger partial charge in [0.2, 0.25) is 0 Å². The third-order valence-electron chi connectivity index (χ3n) is 4.16. The van der Waals surface area contributed by atoms with E-state index in [1.54, 1.807) is 12.4 Å². The van der Waals surface area contributed by atoms with Crippen LogP contribution in [-0.2, 0) is 6.42 Å². The van der Waals surface area contributed by atoms with Crippen molar-refractivity contribution in [2.75, 3.05) is 7.11 Å². The summed E-state index contributed by atoms with van der Waals surface area (Å²) in [6.07, 6.45) is 4.19. The highest BCUT2D eigenvalue weighted by atomic mass is 16.5. The monoisotopic (exact) mass is 323 g/mol. The summed E-state index contributed by atoms with van der Waals surface area (Å²) in [7, 11) is 1.53. The van der Waals surface area contributed by atoms with Crippen LogP contribution < -0.4 is 10.3 Å². The number of rotatable bonds is 4. The molecule has 0 aliphatic heterocycles. The van der Waals surface area contributed by atoms with Crippen LogP contribution in [0.2, 0.25) is 0 Å². The quantitative estimate of drug-likeness (QED) is 0.736. The number of hydrogen-bond donors (Lipinski definition) is 0. The van der Waals surface area contributed by atoms with Gasteiger partial charge in [-0.25, -0.2) is 9.97 Å². The first-order valence-electron chi connectivity index (χ1n) is 8.10. The van der Waals surface area contributed by atoms with Crippen molar-refractivity contribution in [2.45, 2.75) is 33.2 Å². The number of aromatic nitrogens is 3. The second kappa shape index (κ2) is 6.43. The predicted molar refractivity (Wildman–Crippen MR) is 95.5 cm³/mol. The van der Waals surface area contributed by atoms with E-state index in [4.69, 9.17) is 4.74 Å². The third kappa shape index (κ3) is 2.66. The van der Waals surface area contributed by atoms with Crippen LogP contribution in [0.5, 0.6) is 6.01 Å². The fourth-order valence-corrected chi connectivity index (χ4v) is 3.07. The molecule has 0 saturated carbocycles. The highest BCUT2D eigenvalue weighted by molar-refractivity contribution is 5.96. The lowest BCUT2D eigenvalue weighted by Crippen LogP contribution is -2.25. The van der Waals surface area contributed by atoms with Crippen molar-refractivity contribution >= 4 is 10.8 Å². The van der Waals surface area contributed by atoms with Gasteiger partial charge in [-0.1, -0.05) is 25.1 Å². The van der Waals surface area contributed by atoms with Crippen LogP contribution in [-0.4, -0.2) is 21.6 Å². The summed E-state index contributed by atoms with van der Waals surface area (Å²) in [5.74, 6) is 0. The Bertz CT molecular complexity index is 928. The number of hydrogen-bond acceptors (Lipinski definition) is 4. The maximum Gasteiger partial charge on any atom is 0.316 e. The first-order valence-corrected chi connectivity index (χ1v) is 8.10. The van der Waals surface area contributed by atoms with Gasteiger partial charge in [0.15, 0.2) is 0 Å². The highest BCUT2D eigenvalue weighted by Gasteiger charge is 2.15. The summed E-state index contributed by atoms with van der Waals surface area (Å²) < 4.78 is 6.88. The zero-order valence-electron chi connectivity index (χ0n) is 14.4. The molecule has 5 heteroatoms. The van der Waals surface area contributed by atoms with E-state index < -0.39 is 0 Å². The number of ether oxygens (including phenoxy) is 1. The van der Waals surface area contributed by atoms with Crippen LogP contribution in [0.4, 0.5) is 0 Å². The molecule has 0 bridgehead atoms. The molecule has 5 nitrogen and oxygen atoms in total. The molecule has 0 aliphatic carbocycles. The molecule has 2 heterocycles. The number of benzene rings is 1. The summed E-state index contributed by atoms with van der Waals surface area (Å²) >= 11 is 0. The van der Waals surface area contributed by atoms with Crippen molar-refractivity contribution in [2.24, 2.45) is 0 Å². The molecule has 0 unspecified atom stereocenters. The minimum atomic E-state index is 0.0331. The highest BCUT2D eigenvalue weighted by Crippen LogP contribution is 2.27. The molecule has 0 spiro atoms. The Morgan fingerprint density at radius 3 is 2.50 bits per heavy atom. The maximum absolute atomic E-state index is 13.2. The molecule has 0 saturated heterocycles. The molecule has 3 aromatic rings. The van der Waals surface area contributed by atoms with Gasteiger partial charge in [-0.15, -0.1) is 0 Å². The van der Waals surface area contributed by atoms with Crippen molar-refractivity contribution in [3.63, 3.8) is 0 Å². The molecule has 1 aromatic carbocycles. The lowest BCUT2D eigenvalue weighted by atomic mass is 10.00. The van der Waals surface area contributed by atoms with Crippen LogP contribution in [0, 0.1) is 0 Å². The molecule has 0 N–H and O–H groups in total. The largest absolute Gasteiger partial charge is 0.467 e. The Morgan fingerprint density at radius 2 is 1.92 bits per heavy atom. The minimum Gasteiger partial charge on any atom is -0.467 e. The van der Waals surface area contributed by atoms with Gasteiger partial charge in [0.1, 0.15) is 0 Å². The smallest absolute Gasteiger partial charge is 0.316 e. The Kier molecular flexibility index (Phi) is 4.34. The zero-order chi connectivity index (χ0) is 17.3. The summed E-state index contributed by atoms with van der Waals surface area (Å²) in [4.78, 5) is 21.5. The molecule has 0 atom stereocenters. The molecular weight excluding hydrogens is 302 g/mol. The molecule has 0 aliphatic rings. The first kappa shape index (κ1) is 16.2. The van der Waals surface area contributed by atoms with E-state index in [1.807, 2.05) is 36.6 Å². The van der Waals surface area contributed by atoms with Gasteiger partial charge in [0, 0.05) is 29.7 Å². The fourth-order valence-electron chi connectivity index (χ4n) is 3.07. The van der Waals surface area contributed by atoms with Crippen LogP contribution in [0.1, 0.15) is 32.5 Å². The fraction of sp³-hybridized carbons (Fsp3) is 0.316. The molecular formula is C19H21N3O2. The molecule has 124 valence electrons. The SMILES string of the molecule is CCc1cc2cccc(-c3cnc(OC)nc3)c2c(=O)n1C(C)C. The summed E-state index contributed by atoms with van der Waals surface area (Å²) in [6.45, 7) is 6.14. The summed E-state index contributed by atoms with van der Waals surface area (Å²) in [5, 5.41) is 1.65. The van der Waals surface area contributed by atoms with Crippen molar-refractivity contribution in [3.05, 3.63) is 52.7 Å². The molecule has 0 radical (unpaired) electrons. The molecule has 24 heavy (non-hydrogen) atoms. The Morgan fingerprint density at radius 1 is 1.21 bits per heavy atom. The number of fused-ring (bicyclic) bond motifs is 1. The van der Waals surface area contributed by atoms with Gasteiger partial charge in [-0.3, -0.25) is 4.79 Å². The van der Waals surface area contributed by atoms with Gasteiger partial charge < -0.3 is 9.30 Å². The topological polar surface area (TPSA) is 57.0 Å². The Balaban J connectivity index is 2.33. The second-order valence-electron chi connectivity index (χ2n) is 5.99. The average Bonchev–Trinajstić information content (AvgIpc) is 2.60. The first-order chi connectivity index (χ1) is 11.6. The van der Waals surface area contributed by atoms with Crippen LogP contribution in [0.25, 0.3) is 21.9 Å². The van der Waals surface area contributed by atoms with E-state index in [1.165, 1.54) is 7.11 Å². The number of pyridine rings is 1. The predicted octanol–water partition coefficient (Wildman–Crippen LogP) is 3.61. The van der Waals surface area contributed by atoms with Gasteiger partial charge in [0.05, 0.1) is 12.5 Å². The minimum absolute atomic E-state index is 0.0331. The lowest BCUT2D eigenvalue weighted by molar-refractivity contribution is 0.380. The van der Waals surface area contributed by atoms with Gasteiger partial charge >= 0.3 is 6.01 Å². The van der Waals surface area contributed by atoms with E-state index >= 15 is 0 Å². The van der Waals surface area contributed by atoms with E-state index in [0.717, 1.165) is 28.6 Å². The number of nitrogens with zero attached hydrogens (tertiary/aromatic N) is 3. The second-order valence-corrected chi connectivity index (χ2v) is 5.99. The van der Waals surface area contributed by atoms with Crippen molar-refractivity contribution in [1.29, 1.82) is 0 Å². The Hall–Kier alpha value is -2.69. The third-order valence-corrected chi connectivity index (χ3v) is 4.16. The summed E-state index contributed by atoms with van der Waals surface area (Å²) in [6, 6.07) is 8.40. The van der Waals surface area contributed by atoms with E-state index in [0.29, 0.717) is 11.4 Å². The molecule has 0 amide bonds. The van der Waals surface area contributed by atoms with Crippen LogP contribution in [0.3, 0.4) is 0 Å². The van der Waals surface area contributed by atoms with Crippen molar-refractivity contribution in [3.8, 4) is 17.1 Å². The van der Waals surface area contributed by atoms with Gasteiger partial charge in [-0.2, -0.15) is 0 Å². The lowest BCUT2D eigenvalue weighted by Gasteiger charge is -2.18. The van der Waals surface area contributed by atoms with Gasteiger partial charge in [-0.05, 0) is 37.3 Å². The summed E-state index contributed by atoms with van der Waals surface area (Å²) in [5.41, 5.74) is 2.73. The number of aryl methyl sites for hydroxylation is 1. The van der Waals surface area contributed by atoms with E-state index in [-0.39, 0.29) is 11.6 Å². The van der Waals surface area contributed by atoms with E-state index in [2.05, 4.69) is 23.0 Å². The number of methoxy groups -OCH3 is 1. The van der Waals surface area contributed by atoms with Crippen LogP contribution in [0.15, 0.2) is 41.5 Å². The van der Waals surface area contributed by atoms with Crippen LogP contribution >= 0.6 is 0 Å². The van der Waals surface area contributed by atoms with Crippen molar-refractivity contribution < 1.29 is 4.74 Å². The van der Waals surface area contributed by atoms with Crippen molar-refractivity contribution in [1.82, 2.24) is 14.5 Å². The van der Waals surface area contributed by atoms with Gasteiger partial charge in [0.25, 0.3) is 5.56 Å². The standard InChI is InChI=1S/C19H21N3O2/c1-5-15-9-13-7-6-8-16(14-10-20-19(24-4)21-11-14)17(13)18(23)22(15)12(2)3/h6-12H,5H2,1-4H3. The molecule has 3 rings (SSSR count). The zero-order valence-corrected chi connectivity index (χ0v) is 14.4. The molecule has 2 aromatic heterocycles. The maximum atomic E-state index is 13.2. The Labute approximate surface area is 141 Å². The average molecular weight is 323 g/mol. The molecule has 0 fully saturated rings. The normalized spacial score (nSPS) is 11.2.